The number of benzene rings is 2. The second-order valence-electron chi connectivity index (χ2n) is 10.3. The SMILES string of the molecule is O=C(Nc1cncc(-c2ccc3[nH]nc(-c4nc5nccc(-c6ccc(F)cc6)c5[nH]4)c3c2)c1)C1CCCCC1. The number of fused-ring (bicyclic) bond motifs is 2. The van der Waals surface area contributed by atoms with E-state index in [1.807, 2.05) is 30.3 Å². The van der Waals surface area contributed by atoms with Crippen LogP contribution in [0.5, 0.6) is 0 Å². The molecule has 4 aromatic heterocycles. The Hall–Kier alpha value is -4.92. The second-order valence-corrected chi connectivity index (χ2v) is 10.3. The lowest BCUT2D eigenvalue weighted by molar-refractivity contribution is -0.120. The number of anilines is 1. The van der Waals surface area contributed by atoms with Crippen molar-refractivity contribution in [3.8, 4) is 33.8 Å². The van der Waals surface area contributed by atoms with Crippen molar-refractivity contribution in [2.24, 2.45) is 5.92 Å². The number of carbonyl (C=O) groups excluding carboxylic acids is 1. The summed E-state index contributed by atoms with van der Waals surface area (Å²) < 4.78 is 13.5. The molecule has 1 amide bonds. The molecule has 0 unspecified atom stereocenters. The lowest BCUT2D eigenvalue weighted by Crippen LogP contribution is -2.24. The number of hydrogen-bond donors (Lipinski definition) is 3. The molecule has 7 rings (SSSR count). The van der Waals surface area contributed by atoms with E-state index in [2.05, 4.69) is 30.5 Å². The Morgan fingerprint density at radius 2 is 1.75 bits per heavy atom. The highest BCUT2D eigenvalue weighted by atomic mass is 19.1. The topological polar surface area (TPSA) is 112 Å². The predicted molar refractivity (Wildman–Crippen MR) is 153 cm³/mol. The van der Waals surface area contributed by atoms with Crippen LogP contribution in [0.1, 0.15) is 32.1 Å². The van der Waals surface area contributed by atoms with Gasteiger partial charge in [0.1, 0.15) is 11.5 Å². The number of halogens is 1. The van der Waals surface area contributed by atoms with Gasteiger partial charge >= 0.3 is 0 Å². The first kappa shape index (κ1) is 24.1. The van der Waals surface area contributed by atoms with Gasteiger partial charge in [-0.15, -0.1) is 0 Å². The van der Waals surface area contributed by atoms with Gasteiger partial charge in [0.15, 0.2) is 11.5 Å². The van der Waals surface area contributed by atoms with Gasteiger partial charge in [0.25, 0.3) is 0 Å². The first-order chi connectivity index (χ1) is 19.6. The number of nitrogens with zero attached hydrogens (tertiary/aromatic N) is 4. The summed E-state index contributed by atoms with van der Waals surface area (Å²) in [6.45, 7) is 0. The van der Waals surface area contributed by atoms with E-state index in [1.54, 1.807) is 30.7 Å². The molecule has 0 atom stereocenters. The van der Waals surface area contributed by atoms with Crippen LogP contribution in [0.4, 0.5) is 10.1 Å². The van der Waals surface area contributed by atoms with Crippen molar-refractivity contribution in [3.63, 3.8) is 0 Å². The summed E-state index contributed by atoms with van der Waals surface area (Å²) in [4.78, 5) is 29.7. The molecule has 0 aliphatic heterocycles. The van der Waals surface area contributed by atoms with Crippen molar-refractivity contribution in [2.75, 3.05) is 5.32 Å². The summed E-state index contributed by atoms with van der Waals surface area (Å²) >= 11 is 0. The maximum atomic E-state index is 13.5. The molecule has 8 nitrogen and oxygen atoms in total. The van der Waals surface area contributed by atoms with Gasteiger partial charge in [-0.25, -0.2) is 14.4 Å². The number of carbonyl (C=O) groups is 1. The van der Waals surface area contributed by atoms with Crippen molar-refractivity contribution in [1.29, 1.82) is 0 Å². The first-order valence-corrected chi connectivity index (χ1v) is 13.5. The van der Waals surface area contributed by atoms with Crippen molar-refractivity contribution in [3.05, 3.63) is 79.0 Å². The second kappa shape index (κ2) is 10.00. The number of imidazole rings is 1. The predicted octanol–water partition coefficient (Wildman–Crippen LogP) is 6.89. The lowest BCUT2D eigenvalue weighted by atomic mass is 9.88. The van der Waals surface area contributed by atoms with Crippen LogP contribution in [0.15, 0.2) is 73.2 Å². The molecule has 1 aliphatic rings. The highest BCUT2D eigenvalue weighted by Gasteiger charge is 2.21. The number of nitrogens with one attached hydrogen (secondary N) is 3. The molecular weight excluding hydrogens is 505 g/mol. The van der Waals surface area contributed by atoms with E-state index in [9.17, 15) is 9.18 Å². The van der Waals surface area contributed by atoms with Gasteiger partial charge in [-0.2, -0.15) is 5.10 Å². The van der Waals surface area contributed by atoms with Gasteiger partial charge in [-0.3, -0.25) is 14.9 Å². The van der Waals surface area contributed by atoms with Crippen LogP contribution < -0.4 is 5.32 Å². The molecule has 40 heavy (non-hydrogen) atoms. The van der Waals surface area contributed by atoms with Gasteiger partial charge in [0.2, 0.25) is 5.91 Å². The van der Waals surface area contributed by atoms with Crippen LogP contribution in [-0.4, -0.2) is 36.0 Å². The minimum absolute atomic E-state index is 0.0733. The van der Waals surface area contributed by atoms with E-state index in [0.717, 1.165) is 64.4 Å². The summed E-state index contributed by atoms with van der Waals surface area (Å²) in [5.74, 6) is 0.436. The number of rotatable bonds is 5. The Kier molecular flexibility index (Phi) is 6.03. The minimum atomic E-state index is -0.287. The molecule has 1 fully saturated rings. The molecule has 1 saturated carbocycles. The number of pyridine rings is 2. The van der Waals surface area contributed by atoms with E-state index < -0.39 is 0 Å². The number of aromatic amines is 2. The van der Waals surface area contributed by atoms with Crippen LogP contribution >= 0.6 is 0 Å². The van der Waals surface area contributed by atoms with E-state index in [1.165, 1.54) is 18.6 Å². The molecule has 0 spiro atoms. The number of amides is 1. The first-order valence-electron chi connectivity index (χ1n) is 13.5. The van der Waals surface area contributed by atoms with Crippen molar-refractivity contribution < 1.29 is 9.18 Å². The van der Waals surface area contributed by atoms with Crippen LogP contribution in [-0.2, 0) is 4.79 Å². The summed E-state index contributed by atoms with van der Waals surface area (Å²) in [6.07, 6.45) is 10.5. The van der Waals surface area contributed by atoms with Gasteiger partial charge in [0.05, 0.1) is 22.9 Å². The third-order valence-corrected chi connectivity index (χ3v) is 7.65. The van der Waals surface area contributed by atoms with Crippen molar-refractivity contribution in [2.45, 2.75) is 32.1 Å². The maximum Gasteiger partial charge on any atom is 0.227 e. The molecule has 4 heterocycles. The lowest BCUT2D eigenvalue weighted by Gasteiger charge is -2.20. The fourth-order valence-electron chi connectivity index (χ4n) is 5.54. The Labute approximate surface area is 229 Å². The Morgan fingerprint density at radius 3 is 2.60 bits per heavy atom. The van der Waals surface area contributed by atoms with E-state index >= 15 is 0 Å². The highest BCUT2D eigenvalue weighted by Crippen LogP contribution is 2.33. The average Bonchev–Trinajstić information content (AvgIpc) is 3.62. The molecule has 0 radical (unpaired) electrons. The van der Waals surface area contributed by atoms with E-state index in [4.69, 9.17) is 4.98 Å². The molecule has 1 aliphatic carbocycles. The van der Waals surface area contributed by atoms with Crippen LogP contribution in [0, 0.1) is 11.7 Å². The summed E-state index contributed by atoms with van der Waals surface area (Å²) in [6, 6.07) is 16.2. The van der Waals surface area contributed by atoms with E-state index in [0.29, 0.717) is 22.9 Å². The third kappa shape index (κ3) is 4.49. The van der Waals surface area contributed by atoms with Gasteiger partial charge in [-0.1, -0.05) is 37.5 Å². The van der Waals surface area contributed by atoms with Gasteiger partial charge in [0, 0.05) is 34.8 Å². The zero-order valence-electron chi connectivity index (χ0n) is 21.6. The van der Waals surface area contributed by atoms with E-state index in [-0.39, 0.29) is 17.6 Å². The molecule has 0 bridgehead atoms. The highest BCUT2D eigenvalue weighted by molar-refractivity contribution is 5.98. The van der Waals surface area contributed by atoms with Crippen molar-refractivity contribution >= 4 is 33.7 Å². The molecule has 198 valence electrons. The number of aromatic nitrogens is 6. The zero-order chi connectivity index (χ0) is 27.1. The largest absolute Gasteiger partial charge is 0.335 e. The van der Waals surface area contributed by atoms with Crippen LogP contribution in [0.2, 0.25) is 0 Å². The van der Waals surface area contributed by atoms with Crippen molar-refractivity contribution in [1.82, 2.24) is 30.1 Å². The Bertz CT molecular complexity index is 1850. The normalized spacial score (nSPS) is 14.1. The summed E-state index contributed by atoms with van der Waals surface area (Å²) in [5.41, 5.74) is 7.09. The fourth-order valence-corrected chi connectivity index (χ4v) is 5.54. The maximum absolute atomic E-state index is 13.5. The summed E-state index contributed by atoms with van der Waals surface area (Å²) in [7, 11) is 0. The van der Waals surface area contributed by atoms with Crippen LogP contribution in [0.3, 0.4) is 0 Å². The number of H-pyrrole nitrogens is 2. The van der Waals surface area contributed by atoms with Crippen LogP contribution in [0.25, 0.3) is 55.8 Å². The smallest absolute Gasteiger partial charge is 0.227 e. The molecule has 9 heteroatoms. The fraction of sp³-hybridized carbons (Fsp3) is 0.194. The standard InChI is InChI=1S/C31H26FN7O/c32-22-9-6-18(7-10-22)24-12-13-34-29-27(24)36-30(37-29)28-25-15-20(8-11-26(25)38-39-28)21-14-23(17-33-16-21)35-31(40)19-4-2-1-3-5-19/h6-17,19H,1-5H2,(H,35,40)(H,38,39)(H,34,36,37). The molecular formula is C31H26FN7O. The van der Waals surface area contributed by atoms with Gasteiger partial charge < -0.3 is 10.3 Å². The summed E-state index contributed by atoms with van der Waals surface area (Å²) in [5, 5.41) is 11.6. The monoisotopic (exact) mass is 531 g/mol. The third-order valence-electron chi connectivity index (χ3n) is 7.65. The molecule has 0 saturated heterocycles. The minimum Gasteiger partial charge on any atom is -0.335 e. The molecule has 3 N–H and O–H groups in total. The Balaban J connectivity index is 1.22. The van der Waals surface area contributed by atoms with Gasteiger partial charge in [-0.05, 0) is 60.4 Å². The average molecular weight is 532 g/mol. The molecule has 6 aromatic rings. The quantitative estimate of drug-likeness (QED) is 0.224. The molecule has 2 aromatic carbocycles. The Morgan fingerprint density at radius 1 is 0.925 bits per heavy atom. The zero-order valence-corrected chi connectivity index (χ0v) is 21.6. The number of hydrogen-bond acceptors (Lipinski definition) is 5.